The molecule has 11 heavy (non-hydrogen) atoms. The van der Waals surface area contributed by atoms with Gasteiger partial charge in [0.2, 0.25) is 0 Å². The number of carbonyl (C=O) groups is 1. The maximum atomic E-state index is 9.91. The zero-order valence-electron chi connectivity index (χ0n) is 7.64. The van der Waals surface area contributed by atoms with Crippen molar-refractivity contribution in [1.82, 2.24) is 0 Å². The van der Waals surface area contributed by atoms with Crippen LogP contribution in [0.3, 0.4) is 0 Å². The molecule has 0 rings (SSSR count). The molecule has 0 aromatic rings. The van der Waals surface area contributed by atoms with E-state index in [0.717, 1.165) is 0 Å². The van der Waals surface area contributed by atoms with Crippen molar-refractivity contribution in [3.8, 4) is 0 Å². The van der Waals surface area contributed by atoms with Crippen molar-refractivity contribution in [2.75, 3.05) is 6.61 Å². The fourth-order valence-electron chi connectivity index (χ4n) is 0.441. The molecule has 0 fully saturated rings. The van der Waals surface area contributed by atoms with Crippen LogP contribution in [0.2, 0.25) is 19.6 Å². The zero-order chi connectivity index (χ0) is 8.20. The predicted octanol–water partition coefficient (Wildman–Crippen LogP) is -3.02. The van der Waals surface area contributed by atoms with Crippen LogP contribution >= 0.6 is 0 Å². The van der Waals surface area contributed by atoms with E-state index in [1.807, 2.05) is 19.6 Å². The van der Waals surface area contributed by atoms with Gasteiger partial charge in [0.25, 0.3) is 0 Å². The normalized spacial score (nSPS) is 10.5. The van der Waals surface area contributed by atoms with Gasteiger partial charge in [-0.25, -0.2) is 0 Å². The molecule has 60 valence electrons. The summed E-state index contributed by atoms with van der Waals surface area (Å²) in [6.45, 7) is 6.34. The molecule has 3 nitrogen and oxygen atoms in total. The molecule has 0 aromatic carbocycles. The SMILES string of the molecule is C[Si](C)(C)OCCC(=O)[O-].[Na+]. The molecule has 0 aromatic heterocycles. The molecule has 0 saturated heterocycles. The topological polar surface area (TPSA) is 49.4 Å². The Morgan fingerprint density at radius 3 is 2.18 bits per heavy atom. The number of carbonyl (C=O) groups excluding carboxylic acids is 1. The molecule has 0 radical (unpaired) electrons. The first kappa shape index (κ1) is 14.2. The first-order valence-electron chi connectivity index (χ1n) is 3.25. The Labute approximate surface area is 90.6 Å². The van der Waals surface area contributed by atoms with E-state index in [4.69, 9.17) is 4.43 Å². The summed E-state index contributed by atoms with van der Waals surface area (Å²) in [7, 11) is -1.52. The molecule has 0 unspecified atom stereocenters. The van der Waals surface area contributed by atoms with Crippen molar-refractivity contribution in [2.24, 2.45) is 0 Å². The van der Waals surface area contributed by atoms with Crippen LogP contribution < -0.4 is 34.7 Å². The average molecular weight is 184 g/mol. The van der Waals surface area contributed by atoms with E-state index >= 15 is 0 Å². The predicted molar refractivity (Wildman–Crippen MR) is 38.9 cm³/mol. The van der Waals surface area contributed by atoms with Crippen LogP contribution in [-0.2, 0) is 9.22 Å². The average Bonchev–Trinajstić information content (AvgIpc) is 1.59. The van der Waals surface area contributed by atoms with Gasteiger partial charge in [0, 0.05) is 19.0 Å². The minimum Gasteiger partial charge on any atom is -0.550 e. The maximum absolute atomic E-state index is 9.91. The number of carboxylic acids is 1. The molecular weight excluding hydrogens is 171 g/mol. The van der Waals surface area contributed by atoms with Crippen LogP contribution in [0.4, 0.5) is 0 Å². The van der Waals surface area contributed by atoms with Gasteiger partial charge >= 0.3 is 29.6 Å². The van der Waals surface area contributed by atoms with Crippen molar-refractivity contribution < 1.29 is 43.9 Å². The van der Waals surface area contributed by atoms with Crippen molar-refractivity contribution in [1.29, 1.82) is 0 Å². The maximum Gasteiger partial charge on any atom is 1.00 e. The van der Waals surface area contributed by atoms with Crippen LogP contribution in [0.15, 0.2) is 0 Å². The minimum absolute atomic E-state index is 0. The smallest absolute Gasteiger partial charge is 0.550 e. The third kappa shape index (κ3) is 13.6. The largest absolute Gasteiger partial charge is 1.00 e. The third-order valence-corrected chi connectivity index (χ3v) is 1.91. The standard InChI is InChI=1S/C6H14O3Si.Na/c1-10(2,3)9-5-4-6(7)8;/h4-5H2,1-3H3,(H,7,8);/q;+1/p-1. The number of carboxylic acid groups (broad SMARTS) is 1. The van der Waals surface area contributed by atoms with Crippen molar-refractivity contribution in [3.05, 3.63) is 0 Å². The second kappa shape index (κ2) is 6.19. The van der Waals surface area contributed by atoms with E-state index in [9.17, 15) is 9.90 Å². The van der Waals surface area contributed by atoms with Gasteiger partial charge in [-0.15, -0.1) is 0 Å². The molecule has 0 bridgehead atoms. The van der Waals surface area contributed by atoms with Gasteiger partial charge in [-0.05, 0) is 19.6 Å². The molecule has 0 aliphatic rings. The van der Waals surface area contributed by atoms with Gasteiger partial charge in [0.1, 0.15) is 0 Å². The molecule has 0 atom stereocenters. The first-order chi connectivity index (χ1) is 4.42. The third-order valence-electron chi connectivity index (χ3n) is 0.841. The number of rotatable bonds is 4. The van der Waals surface area contributed by atoms with Crippen molar-refractivity contribution in [2.45, 2.75) is 26.1 Å². The van der Waals surface area contributed by atoms with E-state index in [2.05, 4.69) is 0 Å². The number of aliphatic carboxylic acids is 1. The van der Waals surface area contributed by atoms with Gasteiger partial charge in [-0.3, -0.25) is 0 Å². The summed E-state index contributed by atoms with van der Waals surface area (Å²) in [5, 5.41) is 9.91. The molecule has 0 aliphatic heterocycles. The second-order valence-electron chi connectivity index (χ2n) is 3.08. The Hall–Kier alpha value is 0.647. The van der Waals surface area contributed by atoms with Gasteiger partial charge in [-0.2, -0.15) is 0 Å². The van der Waals surface area contributed by atoms with Crippen LogP contribution in [0.25, 0.3) is 0 Å². The number of hydrogen-bond donors (Lipinski definition) is 0. The molecule has 0 N–H and O–H groups in total. The van der Waals surface area contributed by atoms with Crippen molar-refractivity contribution >= 4 is 14.3 Å². The van der Waals surface area contributed by atoms with E-state index in [1.165, 1.54) is 0 Å². The Balaban J connectivity index is 0. The van der Waals surface area contributed by atoms with Gasteiger partial charge in [0.15, 0.2) is 8.32 Å². The van der Waals surface area contributed by atoms with Gasteiger partial charge in [0.05, 0.1) is 0 Å². The van der Waals surface area contributed by atoms with Crippen LogP contribution in [-0.4, -0.2) is 20.9 Å². The van der Waals surface area contributed by atoms with Crippen LogP contribution in [0.1, 0.15) is 6.42 Å². The van der Waals surface area contributed by atoms with Crippen LogP contribution in [0, 0.1) is 0 Å². The molecule has 5 heteroatoms. The van der Waals surface area contributed by atoms with Gasteiger partial charge in [-0.1, -0.05) is 0 Å². The Morgan fingerprint density at radius 1 is 1.45 bits per heavy atom. The molecule has 0 amide bonds. The summed E-state index contributed by atoms with van der Waals surface area (Å²) in [5.41, 5.74) is 0. The van der Waals surface area contributed by atoms with E-state index in [1.54, 1.807) is 0 Å². The Kier molecular flexibility index (Phi) is 7.99. The van der Waals surface area contributed by atoms with Crippen molar-refractivity contribution in [3.63, 3.8) is 0 Å². The van der Waals surface area contributed by atoms with Gasteiger partial charge < -0.3 is 14.3 Å². The summed E-state index contributed by atoms with van der Waals surface area (Å²) in [5.74, 6) is -1.04. The van der Waals surface area contributed by atoms with E-state index in [0.29, 0.717) is 0 Å². The Bertz CT molecular complexity index is 121. The summed E-state index contributed by atoms with van der Waals surface area (Å²) >= 11 is 0. The molecule has 0 spiro atoms. The quantitative estimate of drug-likeness (QED) is 0.437. The first-order valence-corrected chi connectivity index (χ1v) is 6.66. The molecule has 0 heterocycles. The Morgan fingerprint density at radius 2 is 1.91 bits per heavy atom. The number of hydrogen-bond acceptors (Lipinski definition) is 3. The van der Waals surface area contributed by atoms with E-state index < -0.39 is 14.3 Å². The fourth-order valence-corrected chi connectivity index (χ4v) is 1.15. The molecule has 0 aliphatic carbocycles. The van der Waals surface area contributed by atoms with Crippen LogP contribution in [0.5, 0.6) is 0 Å². The summed E-state index contributed by atoms with van der Waals surface area (Å²) < 4.78 is 5.26. The monoisotopic (exact) mass is 184 g/mol. The minimum atomic E-state index is -1.52. The summed E-state index contributed by atoms with van der Waals surface area (Å²) in [6.07, 6.45) is 0.00424. The molecular formula is C6H13NaO3Si. The van der Waals surface area contributed by atoms with E-state index in [-0.39, 0.29) is 42.6 Å². The zero-order valence-corrected chi connectivity index (χ0v) is 10.6. The summed E-state index contributed by atoms with van der Waals surface area (Å²) in [6, 6.07) is 0. The summed E-state index contributed by atoms with van der Waals surface area (Å²) in [4.78, 5) is 9.91. The molecule has 0 saturated carbocycles. The second-order valence-corrected chi connectivity index (χ2v) is 7.60. The fraction of sp³-hybridized carbons (Fsp3) is 0.833.